The Bertz CT molecular complexity index is 1100. The SMILES string of the molecule is CCCS(=O)(=O)Nc1ccc(Cl)c(C(=O)Cc2ccc(CC(=O)N3CCCC3)nc2)c1F. The molecule has 1 aliphatic rings. The minimum absolute atomic E-state index is 0.0232. The van der Waals surface area contributed by atoms with E-state index in [1.807, 2.05) is 4.90 Å². The van der Waals surface area contributed by atoms with Gasteiger partial charge in [-0.05, 0) is 43.0 Å². The van der Waals surface area contributed by atoms with Gasteiger partial charge in [-0.3, -0.25) is 19.3 Å². The molecule has 0 radical (unpaired) electrons. The maximum atomic E-state index is 14.9. The number of rotatable bonds is 9. The molecule has 0 atom stereocenters. The first-order chi connectivity index (χ1) is 15.2. The number of hydrogen-bond acceptors (Lipinski definition) is 5. The van der Waals surface area contributed by atoms with E-state index in [1.54, 1.807) is 19.1 Å². The Hall–Kier alpha value is -2.52. The van der Waals surface area contributed by atoms with Gasteiger partial charge in [0, 0.05) is 31.4 Å². The lowest BCUT2D eigenvalue weighted by Gasteiger charge is -2.14. The lowest BCUT2D eigenvalue weighted by molar-refractivity contribution is -0.129. The van der Waals surface area contributed by atoms with Crippen molar-refractivity contribution in [3.8, 4) is 0 Å². The van der Waals surface area contributed by atoms with E-state index in [2.05, 4.69) is 9.71 Å². The lowest BCUT2D eigenvalue weighted by Crippen LogP contribution is -2.29. The first kappa shape index (κ1) is 24.1. The maximum absolute atomic E-state index is 14.9. The Morgan fingerprint density at radius 3 is 2.50 bits per heavy atom. The fourth-order valence-corrected chi connectivity index (χ4v) is 4.93. The zero-order valence-electron chi connectivity index (χ0n) is 17.7. The fourth-order valence-electron chi connectivity index (χ4n) is 3.55. The molecule has 1 fully saturated rings. The maximum Gasteiger partial charge on any atom is 0.232 e. The molecule has 7 nitrogen and oxygen atoms in total. The number of amides is 1. The predicted molar refractivity (Wildman–Crippen MR) is 121 cm³/mol. The smallest absolute Gasteiger partial charge is 0.232 e. The summed E-state index contributed by atoms with van der Waals surface area (Å²) in [7, 11) is -3.73. The fraction of sp³-hybridized carbons (Fsp3) is 0.409. The van der Waals surface area contributed by atoms with Crippen LogP contribution in [-0.2, 0) is 27.7 Å². The number of benzene rings is 1. The number of nitrogens with one attached hydrogen (secondary N) is 1. The van der Waals surface area contributed by atoms with Crippen LogP contribution in [0.4, 0.5) is 10.1 Å². The second kappa shape index (κ2) is 10.4. The van der Waals surface area contributed by atoms with Crippen LogP contribution in [0.5, 0.6) is 0 Å². The monoisotopic (exact) mass is 481 g/mol. The number of anilines is 1. The molecule has 3 rings (SSSR count). The molecular formula is C22H25ClFN3O4S. The van der Waals surface area contributed by atoms with Crippen LogP contribution in [0.3, 0.4) is 0 Å². The Morgan fingerprint density at radius 2 is 1.88 bits per heavy atom. The van der Waals surface area contributed by atoms with Crippen molar-refractivity contribution in [2.45, 2.75) is 39.0 Å². The van der Waals surface area contributed by atoms with Crippen molar-refractivity contribution in [3.05, 3.63) is 58.1 Å². The van der Waals surface area contributed by atoms with Crippen molar-refractivity contribution < 1.29 is 22.4 Å². The Balaban J connectivity index is 1.71. The normalized spacial score (nSPS) is 13.9. The number of carbonyl (C=O) groups excluding carboxylic acids is 2. The van der Waals surface area contributed by atoms with Crippen LogP contribution in [0.25, 0.3) is 0 Å². The first-order valence-corrected chi connectivity index (χ1v) is 12.5. The molecule has 1 N–H and O–H groups in total. The Kier molecular flexibility index (Phi) is 7.84. The predicted octanol–water partition coefficient (Wildman–Crippen LogP) is 3.62. The van der Waals surface area contributed by atoms with Gasteiger partial charge < -0.3 is 4.90 Å². The summed E-state index contributed by atoms with van der Waals surface area (Å²) >= 11 is 6.04. The quantitative estimate of drug-likeness (QED) is 0.552. The summed E-state index contributed by atoms with van der Waals surface area (Å²) in [5, 5.41) is -0.105. The molecule has 1 aromatic heterocycles. The molecule has 10 heteroatoms. The molecule has 1 aromatic carbocycles. The standard InChI is InChI=1S/C22H25ClFN3O4S/c1-2-11-32(30,31)26-18-8-7-17(23)21(22(18)24)19(28)12-15-5-6-16(25-14-15)13-20(29)27-9-3-4-10-27/h5-8,14,26H,2-4,9-13H2,1H3. The third kappa shape index (κ3) is 6.04. The number of Topliss-reactive ketones (excluding diaryl/α,β-unsaturated/α-hetero) is 1. The summed E-state index contributed by atoms with van der Waals surface area (Å²) in [5.41, 5.74) is 0.422. The summed E-state index contributed by atoms with van der Waals surface area (Å²) in [5.74, 6) is -1.76. The number of ketones is 1. The van der Waals surface area contributed by atoms with Crippen LogP contribution in [0.2, 0.25) is 5.02 Å². The number of likely N-dealkylation sites (tertiary alicyclic amines) is 1. The van der Waals surface area contributed by atoms with Crippen molar-refractivity contribution in [1.82, 2.24) is 9.88 Å². The van der Waals surface area contributed by atoms with E-state index in [4.69, 9.17) is 11.6 Å². The van der Waals surface area contributed by atoms with Gasteiger partial charge in [0.2, 0.25) is 15.9 Å². The van der Waals surface area contributed by atoms with E-state index in [-0.39, 0.29) is 40.8 Å². The summed E-state index contributed by atoms with van der Waals surface area (Å²) in [6.45, 7) is 3.23. The zero-order chi connectivity index (χ0) is 23.3. The van der Waals surface area contributed by atoms with Gasteiger partial charge in [-0.2, -0.15) is 0 Å². The van der Waals surface area contributed by atoms with Crippen molar-refractivity contribution >= 4 is 39.0 Å². The van der Waals surface area contributed by atoms with Crippen LogP contribution >= 0.6 is 11.6 Å². The third-order valence-corrected chi connectivity index (χ3v) is 6.94. The van der Waals surface area contributed by atoms with Gasteiger partial charge >= 0.3 is 0 Å². The van der Waals surface area contributed by atoms with Crippen molar-refractivity contribution in [1.29, 1.82) is 0 Å². The summed E-state index contributed by atoms with van der Waals surface area (Å²) in [6.07, 6.45) is 3.89. The third-order valence-electron chi connectivity index (χ3n) is 5.15. The molecule has 0 aliphatic carbocycles. The van der Waals surface area contributed by atoms with Gasteiger partial charge in [0.15, 0.2) is 11.6 Å². The highest BCUT2D eigenvalue weighted by atomic mass is 35.5. The van der Waals surface area contributed by atoms with Gasteiger partial charge in [-0.25, -0.2) is 12.8 Å². The van der Waals surface area contributed by atoms with Gasteiger partial charge in [0.25, 0.3) is 0 Å². The molecule has 1 aliphatic heterocycles. The number of nitrogens with zero attached hydrogens (tertiary/aromatic N) is 2. The molecule has 32 heavy (non-hydrogen) atoms. The van der Waals surface area contributed by atoms with E-state index in [9.17, 15) is 22.4 Å². The van der Waals surface area contributed by atoms with E-state index >= 15 is 0 Å². The lowest BCUT2D eigenvalue weighted by atomic mass is 10.0. The van der Waals surface area contributed by atoms with Gasteiger partial charge in [-0.1, -0.05) is 24.6 Å². The average Bonchev–Trinajstić information content (AvgIpc) is 3.27. The molecule has 0 bridgehead atoms. The molecule has 172 valence electrons. The largest absolute Gasteiger partial charge is 0.342 e. The number of carbonyl (C=O) groups is 2. The number of halogens is 2. The van der Waals surface area contributed by atoms with E-state index in [1.165, 1.54) is 18.3 Å². The highest BCUT2D eigenvalue weighted by Gasteiger charge is 2.22. The molecule has 0 saturated carbocycles. The zero-order valence-corrected chi connectivity index (χ0v) is 19.3. The number of hydrogen-bond donors (Lipinski definition) is 1. The summed E-state index contributed by atoms with van der Waals surface area (Å²) in [4.78, 5) is 31.0. The van der Waals surface area contributed by atoms with Crippen molar-refractivity contribution in [2.24, 2.45) is 0 Å². The van der Waals surface area contributed by atoms with E-state index < -0.39 is 21.6 Å². The summed E-state index contributed by atoms with van der Waals surface area (Å²) < 4.78 is 41.0. The van der Waals surface area contributed by atoms with E-state index in [0.717, 1.165) is 25.9 Å². The van der Waals surface area contributed by atoms with Crippen LogP contribution < -0.4 is 4.72 Å². The molecular weight excluding hydrogens is 457 g/mol. The number of pyridine rings is 1. The second-order valence-electron chi connectivity index (χ2n) is 7.73. The molecule has 0 unspecified atom stereocenters. The molecule has 2 heterocycles. The van der Waals surface area contributed by atoms with Gasteiger partial charge in [0.05, 0.1) is 28.4 Å². The minimum atomic E-state index is -3.73. The van der Waals surface area contributed by atoms with Gasteiger partial charge in [0.1, 0.15) is 0 Å². The highest BCUT2D eigenvalue weighted by Crippen LogP contribution is 2.28. The van der Waals surface area contributed by atoms with Crippen molar-refractivity contribution in [2.75, 3.05) is 23.6 Å². The van der Waals surface area contributed by atoms with E-state index in [0.29, 0.717) is 17.7 Å². The Labute approximate surface area is 192 Å². The topological polar surface area (TPSA) is 96.4 Å². The average molecular weight is 482 g/mol. The van der Waals surface area contributed by atoms with Gasteiger partial charge in [-0.15, -0.1) is 0 Å². The Morgan fingerprint density at radius 1 is 1.16 bits per heavy atom. The summed E-state index contributed by atoms with van der Waals surface area (Å²) in [6, 6.07) is 5.81. The van der Waals surface area contributed by atoms with Crippen LogP contribution in [-0.4, -0.2) is 48.8 Å². The molecule has 1 amide bonds. The van der Waals surface area contributed by atoms with Crippen molar-refractivity contribution in [3.63, 3.8) is 0 Å². The minimum Gasteiger partial charge on any atom is -0.342 e. The van der Waals surface area contributed by atoms with Crippen LogP contribution in [0, 0.1) is 5.82 Å². The van der Waals surface area contributed by atoms with Crippen LogP contribution in [0.1, 0.15) is 47.8 Å². The first-order valence-electron chi connectivity index (χ1n) is 10.4. The molecule has 1 saturated heterocycles. The molecule has 0 spiro atoms. The van der Waals surface area contributed by atoms with Crippen LogP contribution in [0.15, 0.2) is 30.5 Å². The second-order valence-corrected chi connectivity index (χ2v) is 9.98. The highest BCUT2D eigenvalue weighted by molar-refractivity contribution is 7.92. The number of sulfonamides is 1. The number of aromatic nitrogens is 1. The molecule has 2 aromatic rings.